The number of nitrogens with one attached hydrogen (secondary N) is 1. The number of nitrogens with zero attached hydrogens (tertiary/aromatic N) is 2. The maximum atomic E-state index is 10.3. The quantitative estimate of drug-likeness (QED) is 0.322. The maximum Gasteiger partial charge on any atom is 0.150 e. The molecule has 3 aromatic carbocycles. The van der Waals surface area contributed by atoms with Gasteiger partial charge in [-0.05, 0) is 85.8 Å². The molecule has 4 aromatic rings. The SMILES string of the molecule is CC1=C(c2cccc(O)c2)C(c2ccc(OC[C@H](C)N3CC[C@@H](C)C3)cc2)Oc2ccc3[nH]ncc3c21. The van der Waals surface area contributed by atoms with Crippen molar-refractivity contribution in [1.29, 1.82) is 0 Å². The second-order valence-electron chi connectivity index (χ2n) is 10.5. The minimum atomic E-state index is -0.322. The molecule has 0 spiro atoms. The first-order valence-electron chi connectivity index (χ1n) is 13.1. The molecule has 3 heterocycles. The number of aromatic amines is 1. The average molecular weight is 496 g/mol. The monoisotopic (exact) mass is 495 g/mol. The first-order chi connectivity index (χ1) is 18.0. The van der Waals surface area contributed by atoms with E-state index < -0.39 is 0 Å². The summed E-state index contributed by atoms with van der Waals surface area (Å²) in [6, 6.07) is 20.0. The highest BCUT2D eigenvalue weighted by Crippen LogP contribution is 2.49. The Morgan fingerprint density at radius 1 is 1.16 bits per heavy atom. The van der Waals surface area contributed by atoms with E-state index in [0.29, 0.717) is 12.6 Å². The number of phenols is 1. The Hall–Kier alpha value is -3.77. The summed E-state index contributed by atoms with van der Waals surface area (Å²) in [6.45, 7) is 9.66. The number of aromatic hydroxyl groups is 1. The van der Waals surface area contributed by atoms with Crippen LogP contribution in [0.5, 0.6) is 17.2 Å². The summed E-state index contributed by atoms with van der Waals surface area (Å²) in [7, 11) is 0. The zero-order chi connectivity index (χ0) is 25.5. The van der Waals surface area contributed by atoms with Crippen molar-refractivity contribution >= 4 is 22.0 Å². The fourth-order valence-corrected chi connectivity index (χ4v) is 5.71. The molecule has 2 N–H and O–H groups in total. The van der Waals surface area contributed by atoms with Crippen molar-refractivity contribution in [3.63, 3.8) is 0 Å². The van der Waals surface area contributed by atoms with Crippen molar-refractivity contribution in [2.45, 2.75) is 39.3 Å². The number of benzene rings is 3. The molecule has 0 saturated carbocycles. The van der Waals surface area contributed by atoms with Crippen LogP contribution in [0.3, 0.4) is 0 Å². The Bertz CT molecular complexity index is 1460. The Morgan fingerprint density at radius 3 is 2.76 bits per heavy atom. The van der Waals surface area contributed by atoms with E-state index in [1.165, 1.54) is 6.42 Å². The molecule has 0 bridgehead atoms. The molecule has 0 radical (unpaired) electrons. The van der Waals surface area contributed by atoms with E-state index in [9.17, 15) is 5.11 Å². The molecule has 6 nitrogen and oxygen atoms in total. The highest BCUT2D eigenvalue weighted by atomic mass is 16.5. The Morgan fingerprint density at radius 2 is 2.00 bits per heavy atom. The van der Waals surface area contributed by atoms with Gasteiger partial charge in [0.2, 0.25) is 0 Å². The van der Waals surface area contributed by atoms with Crippen LogP contribution in [0.2, 0.25) is 0 Å². The third-order valence-electron chi connectivity index (χ3n) is 7.78. The van der Waals surface area contributed by atoms with Crippen molar-refractivity contribution in [3.8, 4) is 17.2 Å². The van der Waals surface area contributed by atoms with Crippen LogP contribution in [-0.4, -0.2) is 45.9 Å². The fraction of sp³-hybridized carbons (Fsp3) is 0.323. The molecule has 1 aromatic heterocycles. The molecule has 3 atom stereocenters. The van der Waals surface area contributed by atoms with E-state index in [0.717, 1.165) is 69.2 Å². The second-order valence-corrected chi connectivity index (χ2v) is 10.5. The van der Waals surface area contributed by atoms with Gasteiger partial charge >= 0.3 is 0 Å². The summed E-state index contributed by atoms with van der Waals surface area (Å²) in [5.41, 5.74) is 6.10. The van der Waals surface area contributed by atoms with Crippen LogP contribution >= 0.6 is 0 Å². The summed E-state index contributed by atoms with van der Waals surface area (Å²) in [4.78, 5) is 2.51. The number of likely N-dealkylation sites (tertiary alicyclic amines) is 1. The van der Waals surface area contributed by atoms with E-state index in [1.807, 2.05) is 42.6 Å². The number of allylic oxidation sites excluding steroid dienone is 1. The maximum absolute atomic E-state index is 10.3. The lowest BCUT2D eigenvalue weighted by atomic mass is 9.85. The lowest BCUT2D eigenvalue weighted by Gasteiger charge is -2.31. The summed E-state index contributed by atoms with van der Waals surface area (Å²) in [5, 5.41) is 18.6. The lowest BCUT2D eigenvalue weighted by Crippen LogP contribution is -2.35. The van der Waals surface area contributed by atoms with Crippen molar-refractivity contribution in [1.82, 2.24) is 15.1 Å². The fourth-order valence-electron chi connectivity index (χ4n) is 5.71. The minimum Gasteiger partial charge on any atom is -0.508 e. The van der Waals surface area contributed by atoms with Gasteiger partial charge in [0.05, 0.1) is 11.7 Å². The number of hydrogen-bond donors (Lipinski definition) is 2. The number of ether oxygens (including phenoxy) is 2. The van der Waals surface area contributed by atoms with Crippen molar-refractivity contribution in [2.75, 3.05) is 19.7 Å². The molecule has 1 unspecified atom stereocenters. The van der Waals surface area contributed by atoms with Gasteiger partial charge in [-0.3, -0.25) is 10.00 Å². The van der Waals surface area contributed by atoms with Gasteiger partial charge < -0.3 is 14.6 Å². The number of fused-ring (bicyclic) bond motifs is 3. The third kappa shape index (κ3) is 4.46. The number of hydrogen-bond acceptors (Lipinski definition) is 5. The third-order valence-corrected chi connectivity index (χ3v) is 7.78. The number of H-pyrrole nitrogens is 1. The zero-order valence-electron chi connectivity index (χ0n) is 21.6. The van der Waals surface area contributed by atoms with E-state index in [4.69, 9.17) is 9.47 Å². The first kappa shape index (κ1) is 23.6. The van der Waals surface area contributed by atoms with Crippen LogP contribution in [0.15, 0.2) is 66.9 Å². The highest BCUT2D eigenvalue weighted by Gasteiger charge is 2.31. The van der Waals surface area contributed by atoms with Gasteiger partial charge in [0, 0.05) is 29.1 Å². The molecule has 190 valence electrons. The Balaban J connectivity index is 1.31. The van der Waals surface area contributed by atoms with Crippen LogP contribution in [-0.2, 0) is 0 Å². The molecule has 0 aliphatic carbocycles. The molecule has 6 rings (SSSR count). The molecular formula is C31H33N3O3. The topological polar surface area (TPSA) is 70.6 Å². The summed E-state index contributed by atoms with van der Waals surface area (Å²) < 4.78 is 12.8. The molecule has 0 amide bonds. The van der Waals surface area contributed by atoms with Crippen LogP contribution in [0.4, 0.5) is 0 Å². The predicted molar refractivity (Wildman–Crippen MR) is 147 cm³/mol. The second kappa shape index (κ2) is 9.60. The first-order valence-corrected chi connectivity index (χ1v) is 13.1. The molecule has 1 fully saturated rings. The van der Waals surface area contributed by atoms with Crippen molar-refractivity contribution < 1.29 is 14.6 Å². The Kier molecular flexibility index (Phi) is 6.13. The van der Waals surface area contributed by atoms with Crippen molar-refractivity contribution in [2.24, 2.45) is 5.92 Å². The van der Waals surface area contributed by atoms with Gasteiger partial charge in [0.15, 0.2) is 0 Å². The number of aromatic nitrogens is 2. The van der Waals surface area contributed by atoms with Crippen LogP contribution in [0, 0.1) is 5.92 Å². The normalized spacial score (nSPS) is 20.6. The van der Waals surface area contributed by atoms with Gasteiger partial charge in [0.1, 0.15) is 30.0 Å². The largest absolute Gasteiger partial charge is 0.508 e. The van der Waals surface area contributed by atoms with Gasteiger partial charge in [-0.1, -0.05) is 31.2 Å². The molecule has 6 heteroatoms. The van der Waals surface area contributed by atoms with Crippen LogP contribution in [0.25, 0.3) is 22.0 Å². The highest BCUT2D eigenvalue weighted by molar-refractivity contribution is 6.04. The van der Waals surface area contributed by atoms with E-state index in [-0.39, 0.29) is 11.9 Å². The number of phenolic OH excluding ortho intramolecular Hbond substituents is 1. The lowest BCUT2D eigenvalue weighted by molar-refractivity contribution is 0.169. The molecule has 2 aliphatic heterocycles. The van der Waals surface area contributed by atoms with Gasteiger partial charge in [-0.2, -0.15) is 5.10 Å². The number of rotatable bonds is 6. The molecule has 1 saturated heterocycles. The summed E-state index contributed by atoms with van der Waals surface area (Å²) in [5.74, 6) is 2.69. The predicted octanol–water partition coefficient (Wildman–Crippen LogP) is 6.44. The van der Waals surface area contributed by atoms with Crippen molar-refractivity contribution in [3.05, 3.63) is 83.6 Å². The van der Waals surface area contributed by atoms with E-state index in [1.54, 1.807) is 12.1 Å². The zero-order valence-corrected chi connectivity index (χ0v) is 21.6. The summed E-state index contributed by atoms with van der Waals surface area (Å²) in [6.07, 6.45) is 2.79. The van der Waals surface area contributed by atoms with E-state index >= 15 is 0 Å². The standard InChI is InChI=1S/C31H33N3O3/c1-19-13-14-34(17-19)20(2)18-36-25-9-7-22(8-10-25)31-29(23-5-4-6-24(35)15-23)21(3)30-26-16-32-33-27(26)11-12-28(30)37-31/h4-12,15-16,19-20,31,35H,13-14,17-18H2,1-3H3,(H,32,33)/t19-,20+,31?/m1/s1. The van der Waals surface area contributed by atoms with Crippen LogP contribution < -0.4 is 9.47 Å². The van der Waals surface area contributed by atoms with E-state index in [2.05, 4.69) is 48.0 Å². The van der Waals surface area contributed by atoms with Crippen LogP contribution in [0.1, 0.15) is 50.0 Å². The van der Waals surface area contributed by atoms with Gasteiger partial charge in [0.25, 0.3) is 0 Å². The average Bonchev–Trinajstić information content (AvgIpc) is 3.56. The van der Waals surface area contributed by atoms with Gasteiger partial charge in [-0.25, -0.2) is 0 Å². The molecule has 37 heavy (non-hydrogen) atoms. The van der Waals surface area contributed by atoms with Gasteiger partial charge in [-0.15, -0.1) is 0 Å². The smallest absolute Gasteiger partial charge is 0.150 e. The Labute approximate surface area is 217 Å². The molecular weight excluding hydrogens is 462 g/mol. The summed E-state index contributed by atoms with van der Waals surface area (Å²) >= 11 is 0. The molecule has 2 aliphatic rings. The minimum absolute atomic E-state index is 0.231.